The predicted molar refractivity (Wildman–Crippen MR) is 101 cm³/mol. The minimum absolute atomic E-state index is 0.249. The smallest absolute Gasteiger partial charge is 0.266 e. The molecule has 0 saturated carbocycles. The molecule has 1 amide bonds. The van der Waals surface area contributed by atoms with Gasteiger partial charge in [-0.3, -0.25) is 4.79 Å². The quantitative estimate of drug-likeness (QED) is 0.714. The van der Waals surface area contributed by atoms with Gasteiger partial charge in [0.15, 0.2) is 23.3 Å². The van der Waals surface area contributed by atoms with Crippen LogP contribution in [0, 0.1) is 13.8 Å². The molecule has 0 aliphatic carbocycles. The van der Waals surface area contributed by atoms with Crippen molar-refractivity contribution in [2.75, 3.05) is 12.4 Å². The van der Waals surface area contributed by atoms with Gasteiger partial charge in [-0.15, -0.1) is 0 Å². The first-order valence-corrected chi connectivity index (χ1v) is 8.50. The third kappa shape index (κ3) is 4.08. The van der Waals surface area contributed by atoms with Crippen molar-refractivity contribution in [2.45, 2.75) is 26.9 Å². The summed E-state index contributed by atoms with van der Waals surface area (Å²) in [5.74, 6) is 0.909. The molecule has 0 radical (unpaired) electrons. The number of anilines is 1. The van der Waals surface area contributed by atoms with E-state index in [1.807, 2.05) is 44.2 Å². The van der Waals surface area contributed by atoms with Crippen LogP contribution < -0.4 is 14.8 Å². The van der Waals surface area contributed by atoms with Gasteiger partial charge in [0.2, 0.25) is 5.82 Å². The molecule has 0 unspecified atom stereocenters. The maximum Gasteiger partial charge on any atom is 0.266 e. The van der Waals surface area contributed by atoms with Gasteiger partial charge >= 0.3 is 0 Å². The van der Waals surface area contributed by atoms with Crippen LogP contribution in [0.4, 0.5) is 5.82 Å². The Bertz CT molecular complexity index is 952. The predicted octanol–water partition coefficient (Wildman–Crippen LogP) is 3.77. The number of ether oxygens (including phenoxy) is 2. The highest BCUT2D eigenvalue weighted by Gasteiger charge is 2.21. The van der Waals surface area contributed by atoms with Crippen molar-refractivity contribution in [1.82, 2.24) is 10.3 Å². The lowest BCUT2D eigenvalue weighted by Gasteiger charge is -2.16. The number of hydrogen-bond donors (Lipinski definition) is 1. The van der Waals surface area contributed by atoms with Gasteiger partial charge in [0.25, 0.3) is 5.91 Å². The zero-order valence-electron chi connectivity index (χ0n) is 15.6. The number of carbonyl (C=O) groups is 1. The standard InChI is InChI=1S/C20H21N3O4/c1-12-9-10-15(11-13(12)2)18-19(23-27-22-18)21-20(24)14(3)26-17-8-6-5-7-16(17)25-4/h5-11,14H,1-4H3,(H,21,23,24)/t14-/m1/s1. The first kappa shape index (κ1) is 18.4. The number of rotatable bonds is 6. The lowest BCUT2D eigenvalue weighted by molar-refractivity contribution is -0.122. The van der Waals surface area contributed by atoms with Crippen LogP contribution in [-0.4, -0.2) is 29.4 Å². The van der Waals surface area contributed by atoms with Crippen LogP contribution in [0.5, 0.6) is 11.5 Å². The Labute approximate surface area is 157 Å². The second kappa shape index (κ2) is 7.90. The summed E-state index contributed by atoms with van der Waals surface area (Å²) in [7, 11) is 1.55. The van der Waals surface area contributed by atoms with E-state index in [0.717, 1.165) is 11.1 Å². The van der Waals surface area contributed by atoms with Crippen molar-refractivity contribution in [3.63, 3.8) is 0 Å². The fourth-order valence-electron chi connectivity index (χ4n) is 2.53. The van der Waals surface area contributed by atoms with E-state index in [1.165, 1.54) is 5.56 Å². The molecule has 27 heavy (non-hydrogen) atoms. The third-order valence-corrected chi connectivity index (χ3v) is 4.25. The summed E-state index contributed by atoms with van der Waals surface area (Å²) in [6.07, 6.45) is -0.773. The molecule has 3 aromatic rings. The van der Waals surface area contributed by atoms with E-state index >= 15 is 0 Å². The van der Waals surface area contributed by atoms with Crippen LogP contribution in [0.25, 0.3) is 11.3 Å². The van der Waals surface area contributed by atoms with Crippen molar-refractivity contribution < 1.29 is 18.9 Å². The maximum atomic E-state index is 12.5. The van der Waals surface area contributed by atoms with Gasteiger partial charge in [-0.1, -0.05) is 24.3 Å². The molecular weight excluding hydrogens is 346 g/mol. The van der Waals surface area contributed by atoms with Gasteiger partial charge in [-0.05, 0) is 60.4 Å². The Morgan fingerprint density at radius 2 is 1.81 bits per heavy atom. The topological polar surface area (TPSA) is 86.5 Å². The van der Waals surface area contributed by atoms with Gasteiger partial charge in [-0.25, -0.2) is 4.63 Å². The molecule has 0 bridgehead atoms. The molecule has 7 nitrogen and oxygen atoms in total. The first-order valence-electron chi connectivity index (χ1n) is 8.50. The average Bonchev–Trinajstić information content (AvgIpc) is 3.12. The molecule has 0 aliphatic heterocycles. The first-order chi connectivity index (χ1) is 13.0. The van der Waals surface area contributed by atoms with Crippen LogP contribution in [0.15, 0.2) is 47.1 Å². The summed E-state index contributed by atoms with van der Waals surface area (Å²) in [5.41, 5.74) is 3.56. The van der Waals surface area contributed by atoms with Crippen molar-refractivity contribution in [3.05, 3.63) is 53.6 Å². The van der Waals surface area contributed by atoms with E-state index in [4.69, 9.17) is 14.1 Å². The Balaban J connectivity index is 1.75. The third-order valence-electron chi connectivity index (χ3n) is 4.25. The summed E-state index contributed by atoms with van der Waals surface area (Å²) in [6, 6.07) is 13.0. The molecule has 0 aliphatic rings. The number of methoxy groups -OCH3 is 1. The Hall–Kier alpha value is -3.35. The number of aryl methyl sites for hydroxylation is 2. The summed E-state index contributed by atoms with van der Waals surface area (Å²) >= 11 is 0. The van der Waals surface area contributed by atoms with Crippen molar-refractivity contribution in [1.29, 1.82) is 0 Å². The van der Waals surface area contributed by atoms with E-state index in [1.54, 1.807) is 26.2 Å². The van der Waals surface area contributed by atoms with Crippen molar-refractivity contribution >= 4 is 11.7 Å². The van der Waals surface area contributed by atoms with E-state index in [2.05, 4.69) is 15.6 Å². The van der Waals surface area contributed by atoms with Crippen LogP contribution in [0.1, 0.15) is 18.1 Å². The highest BCUT2D eigenvalue weighted by atomic mass is 16.6. The minimum atomic E-state index is -0.773. The Morgan fingerprint density at radius 1 is 1.07 bits per heavy atom. The fraction of sp³-hybridized carbons (Fsp3) is 0.250. The molecule has 1 atom stereocenters. The summed E-state index contributed by atoms with van der Waals surface area (Å²) in [4.78, 5) is 12.5. The van der Waals surface area contributed by atoms with Crippen LogP contribution in [-0.2, 0) is 4.79 Å². The number of nitrogens with one attached hydrogen (secondary N) is 1. The lowest BCUT2D eigenvalue weighted by Crippen LogP contribution is -2.30. The minimum Gasteiger partial charge on any atom is -0.493 e. The molecule has 1 N–H and O–H groups in total. The molecule has 0 fully saturated rings. The zero-order chi connectivity index (χ0) is 19.4. The van der Waals surface area contributed by atoms with Crippen LogP contribution in [0.3, 0.4) is 0 Å². The van der Waals surface area contributed by atoms with Crippen LogP contribution in [0.2, 0.25) is 0 Å². The molecule has 1 aromatic heterocycles. The molecule has 1 heterocycles. The van der Waals surface area contributed by atoms with Gasteiger partial charge < -0.3 is 14.8 Å². The molecule has 3 rings (SSSR count). The van der Waals surface area contributed by atoms with Gasteiger partial charge in [-0.2, -0.15) is 0 Å². The zero-order valence-corrected chi connectivity index (χ0v) is 15.6. The van der Waals surface area contributed by atoms with E-state index in [-0.39, 0.29) is 11.7 Å². The van der Waals surface area contributed by atoms with E-state index < -0.39 is 6.10 Å². The molecule has 140 valence electrons. The fourth-order valence-corrected chi connectivity index (χ4v) is 2.53. The summed E-state index contributed by atoms with van der Waals surface area (Å²) in [6.45, 7) is 5.68. The number of para-hydroxylation sites is 2. The molecule has 7 heteroatoms. The summed E-state index contributed by atoms with van der Waals surface area (Å²) in [5, 5.41) is 10.4. The number of hydrogen-bond acceptors (Lipinski definition) is 6. The molecule has 0 spiro atoms. The molecule has 0 saturated heterocycles. The normalized spacial score (nSPS) is 11.7. The second-order valence-electron chi connectivity index (χ2n) is 6.16. The molecular formula is C20H21N3O4. The van der Waals surface area contributed by atoms with Crippen LogP contribution >= 0.6 is 0 Å². The Kier molecular flexibility index (Phi) is 5.40. The maximum absolute atomic E-state index is 12.5. The van der Waals surface area contributed by atoms with Gasteiger partial charge in [0.1, 0.15) is 0 Å². The lowest BCUT2D eigenvalue weighted by atomic mass is 10.0. The summed E-state index contributed by atoms with van der Waals surface area (Å²) < 4.78 is 15.8. The average molecular weight is 367 g/mol. The van der Waals surface area contributed by atoms with Crippen molar-refractivity contribution in [2.24, 2.45) is 0 Å². The van der Waals surface area contributed by atoms with Gasteiger partial charge in [0.05, 0.1) is 7.11 Å². The van der Waals surface area contributed by atoms with Crippen molar-refractivity contribution in [3.8, 4) is 22.8 Å². The highest BCUT2D eigenvalue weighted by molar-refractivity contribution is 5.96. The number of aromatic nitrogens is 2. The monoisotopic (exact) mass is 367 g/mol. The second-order valence-corrected chi connectivity index (χ2v) is 6.16. The van der Waals surface area contributed by atoms with Gasteiger partial charge in [0, 0.05) is 5.56 Å². The highest BCUT2D eigenvalue weighted by Crippen LogP contribution is 2.28. The number of benzene rings is 2. The largest absolute Gasteiger partial charge is 0.493 e. The van der Waals surface area contributed by atoms with E-state index in [0.29, 0.717) is 17.2 Å². The van der Waals surface area contributed by atoms with E-state index in [9.17, 15) is 4.79 Å². The number of nitrogens with zero attached hydrogens (tertiary/aromatic N) is 2. The molecule has 2 aromatic carbocycles. The number of carbonyl (C=O) groups excluding carboxylic acids is 1. The Morgan fingerprint density at radius 3 is 2.52 bits per heavy atom. The number of amides is 1. The SMILES string of the molecule is COc1ccccc1O[C@H](C)C(=O)Nc1nonc1-c1ccc(C)c(C)c1.